The van der Waals surface area contributed by atoms with Gasteiger partial charge in [-0.05, 0) is 25.8 Å². The van der Waals surface area contributed by atoms with E-state index in [1.54, 1.807) is 13.3 Å². The summed E-state index contributed by atoms with van der Waals surface area (Å²) in [6, 6.07) is 1.84. The first-order valence-corrected chi connectivity index (χ1v) is 5.91. The van der Waals surface area contributed by atoms with E-state index in [0.29, 0.717) is 0 Å². The Morgan fingerprint density at radius 2 is 2.25 bits per heavy atom. The quantitative estimate of drug-likeness (QED) is 0.806. The monoisotopic (exact) mass is 225 g/mol. The van der Waals surface area contributed by atoms with Gasteiger partial charge in [-0.25, -0.2) is 0 Å². The lowest BCUT2D eigenvalue weighted by Gasteiger charge is -2.33. The van der Waals surface area contributed by atoms with Crippen LogP contribution in [0.4, 0.5) is 0 Å². The van der Waals surface area contributed by atoms with Crippen LogP contribution in [0.1, 0.15) is 45.3 Å². The lowest BCUT2D eigenvalue weighted by molar-refractivity contribution is -0.0215. The summed E-state index contributed by atoms with van der Waals surface area (Å²) >= 11 is 0. The van der Waals surface area contributed by atoms with E-state index in [2.05, 4.69) is 18.9 Å². The van der Waals surface area contributed by atoms with E-state index in [-0.39, 0.29) is 11.6 Å². The molecule has 92 valence electrons. The lowest BCUT2D eigenvalue weighted by atomic mass is 9.91. The Labute approximate surface area is 97.8 Å². The van der Waals surface area contributed by atoms with Crippen LogP contribution in [0.25, 0.3) is 0 Å². The molecular weight excluding hydrogens is 202 g/mol. The number of aryl methyl sites for hydroxylation is 1. The highest BCUT2D eigenvalue weighted by Gasteiger charge is 2.32. The van der Waals surface area contributed by atoms with Crippen LogP contribution in [-0.2, 0) is 11.3 Å². The minimum Gasteiger partial charge on any atom is -0.376 e. The first-order valence-electron chi connectivity index (χ1n) is 5.91. The second kappa shape index (κ2) is 5.46. The molecule has 0 fully saturated rings. The maximum Gasteiger partial charge on any atom is 0.0855 e. The van der Waals surface area contributed by atoms with Gasteiger partial charge in [-0.2, -0.15) is 5.10 Å². The van der Waals surface area contributed by atoms with Gasteiger partial charge < -0.3 is 10.5 Å². The maximum atomic E-state index is 6.28. The molecule has 1 aromatic heterocycles. The van der Waals surface area contributed by atoms with Gasteiger partial charge in [0.2, 0.25) is 0 Å². The average Bonchev–Trinajstić information content (AvgIpc) is 2.75. The van der Waals surface area contributed by atoms with E-state index < -0.39 is 0 Å². The molecule has 2 unspecified atom stereocenters. The number of hydrogen-bond donors (Lipinski definition) is 1. The molecule has 0 bridgehead atoms. The van der Waals surface area contributed by atoms with Crippen molar-refractivity contribution in [1.82, 2.24) is 9.78 Å². The van der Waals surface area contributed by atoms with Crippen LogP contribution in [0, 0.1) is 0 Å². The topological polar surface area (TPSA) is 53.1 Å². The van der Waals surface area contributed by atoms with Crippen LogP contribution in [0.2, 0.25) is 0 Å². The Kier molecular flexibility index (Phi) is 4.50. The summed E-state index contributed by atoms with van der Waals surface area (Å²) in [5.41, 5.74) is 7.01. The minimum atomic E-state index is -0.328. The summed E-state index contributed by atoms with van der Waals surface area (Å²) in [4.78, 5) is 0. The molecule has 4 nitrogen and oxygen atoms in total. The normalized spacial score (nSPS) is 17.1. The molecule has 2 N–H and O–H groups in total. The third-order valence-corrected chi connectivity index (χ3v) is 3.33. The second-order valence-electron chi connectivity index (χ2n) is 4.33. The van der Waals surface area contributed by atoms with Crippen molar-refractivity contribution in [2.75, 3.05) is 7.11 Å². The van der Waals surface area contributed by atoms with Gasteiger partial charge in [0.05, 0.1) is 17.3 Å². The zero-order chi connectivity index (χ0) is 12.2. The van der Waals surface area contributed by atoms with Crippen LogP contribution in [-0.4, -0.2) is 22.5 Å². The Hall–Kier alpha value is -0.870. The van der Waals surface area contributed by atoms with E-state index in [0.717, 1.165) is 25.1 Å². The summed E-state index contributed by atoms with van der Waals surface area (Å²) in [6.45, 7) is 7.16. The van der Waals surface area contributed by atoms with Crippen molar-refractivity contribution in [1.29, 1.82) is 0 Å². The Balaban J connectivity index is 2.94. The van der Waals surface area contributed by atoms with Gasteiger partial charge in [0.25, 0.3) is 0 Å². The first kappa shape index (κ1) is 13.2. The van der Waals surface area contributed by atoms with Gasteiger partial charge in [0.1, 0.15) is 0 Å². The zero-order valence-electron chi connectivity index (χ0n) is 10.7. The molecule has 0 aliphatic heterocycles. The van der Waals surface area contributed by atoms with Crippen LogP contribution in [0.15, 0.2) is 12.3 Å². The predicted molar refractivity (Wildman–Crippen MR) is 65.2 cm³/mol. The van der Waals surface area contributed by atoms with Crippen LogP contribution >= 0.6 is 0 Å². The van der Waals surface area contributed by atoms with Gasteiger partial charge >= 0.3 is 0 Å². The smallest absolute Gasteiger partial charge is 0.0855 e. The lowest BCUT2D eigenvalue weighted by Crippen LogP contribution is -2.40. The van der Waals surface area contributed by atoms with Crippen LogP contribution in [0.5, 0.6) is 0 Å². The van der Waals surface area contributed by atoms with Crippen molar-refractivity contribution in [2.24, 2.45) is 5.73 Å². The van der Waals surface area contributed by atoms with Gasteiger partial charge in [0.15, 0.2) is 0 Å². The van der Waals surface area contributed by atoms with Crippen molar-refractivity contribution in [3.05, 3.63) is 18.0 Å². The third-order valence-electron chi connectivity index (χ3n) is 3.33. The maximum absolute atomic E-state index is 6.28. The number of hydrogen-bond acceptors (Lipinski definition) is 3. The molecule has 0 amide bonds. The number of aromatic nitrogens is 2. The van der Waals surface area contributed by atoms with E-state index in [4.69, 9.17) is 10.5 Å². The van der Waals surface area contributed by atoms with E-state index in [1.165, 1.54) is 0 Å². The van der Waals surface area contributed by atoms with Crippen molar-refractivity contribution in [3.8, 4) is 0 Å². The minimum absolute atomic E-state index is 0.142. The van der Waals surface area contributed by atoms with Gasteiger partial charge in [0, 0.05) is 19.9 Å². The zero-order valence-corrected chi connectivity index (χ0v) is 10.7. The molecule has 4 heteroatoms. The molecule has 0 saturated heterocycles. The number of rotatable bonds is 6. The van der Waals surface area contributed by atoms with Crippen LogP contribution < -0.4 is 5.73 Å². The Bertz CT molecular complexity index is 318. The fraction of sp³-hybridized carbons (Fsp3) is 0.750. The molecule has 1 aromatic rings. The fourth-order valence-corrected chi connectivity index (χ4v) is 1.81. The van der Waals surface area contributed by atoms with Crippen molar-refractivity contribution >= 4 is 0 Å². The molecule has 16 heavy (non-hydrogen) atoms. The summed E-state index contributed by atoms with van der Waals surface area (Å²) in [6.07, 6.45) is 3.73. The fourth-order valence-electron chi connectivity index (χ4n) is 1.81. The highest BCUT2D eigenvalue weighted by atomic mass is 16.5. The number of methoxy groups -OCH3 is 1. The first-order chi connectivity index (χ1) is 7.59. The second-order valence-corrected chi connectivity index (χ2v) is 4.33. The number of ether oxygens (including phenoxy) is 1. The average molecular weight is 225 g/mol. The molecule has 0 aliphatic carbocycles. The molecule has 1 rings (SSSR count). The Morgan fingerprint density at radius 1 is 1.56 bits per heavy atom. The van der Waals surface area contributed by atoms with Gasteiger partial charge in [-0.1, -0.05) is 13.8 Å². The molecule has 0 aliphatic rings. The molecule has 1 heterocycles. The number of nitrogens with zero attached hydrogens (tertiary/aromatic N) is 2. The molecule has 0 radical (unpaired) electrons. The molecule has 0 spiro atoms. The Morgan fingerprint density at radius 3 is 2.75 bits per heavy atom. The van der Waals surface area contributed by atoms with Crippen LogP contribution in [0.3, 0.4) is 0 Å². The van der Waals surface area contributed by atoms with Crippen molar-refractivity contribution in [3.63, 3.8) is 0 Å². The summed E-state index contributed by atoms with van der Waals surface area (Å²) in [7, 11) is 1.71. The van der Waals surface area contributed by atoms with E-state index >= 15 is 0 Å². The van der Waals surface area contributed by atoms with Crippen molar-refractivity contribution < 1.29 is 4.74 Å². The number of nitrogens with two attached hydrogens (primary N) is 1. The molecular formula is C12H23N3O. The SMILES string of the molecule is CCCn1nccc1C(N)C(C)(CC)OC. The summed E-state index contributed by atoms with van der Waals surface area (Å²) in [5.74, 6) is 0. The summed E-state index contributed by atoms with van der Waals surface area (Å²) < 4.78 is 7.51. The van der Waals surface area contributed by atoms with E-state index in [1.807, 2.05) is 17.7 Å². The summed E-state index contributed by atoms with van der Waals surface area (Å²) in [5, 5.41) is 4.29. The van der Waals surface area contributed by atoms with Gasteiger partial charge in [-0.3, -0.25) is 4.68 Å². The standard InChI is InChI=1S/C12H23N3O/c1-5-9-15-10(7-8-14-15)11(13)12(3,6-2)16-4/h7-8,11H,5-6,9,13H2,1-4H3. The molecule has 2 atom stereocenters. The van der Waals surface area contributed by atoms with E-state index in [9.17, 15) is 0 Å². The highest BCUT2D eigenvalue weighted by Crippen LogP contribution is 2.29. The third kappa shape index (κ3) is 2.44. The predicted octanol–water partition coefficient (Wildman–Crippen LogP) is 2.11. The largest absolute Gasteiger partial charge is 0.376 e. The molecule has 0 saturated carbocycles. The van der Waals surface area contributed by atoms with Gasteiger partial charge in [-0.15, -0.1) is 0 Å². The molecule has 0 aromatic carbocycles. The van der Waals surface area contributed by atoms with Crippen molar-refractivity contribution in [2.45, 2.75) is 51.8 Å². The highest BCUT2D eigenvalue weighted by molar-refractivity contribution is 5.11.